The Labute approximate surface area is 133 Å². The second-order valence-corrected chi connectivity index (χ2v) is 4.77. The molecule has 0 aliphatic carbocycles. The molecule has 3 rings (SSSR count). The third kappa shape index (κ3) is 4.31. The molecule has 1 N–H and O–H groups in total. The first kappa shape index (κ1) is 14.6. The Morgan fingerprint density at radius 1 is 0.435 bits per heavy atom. The summed E-state index contributed by atoms with van der Waals surface area (Å²) < 4.78 is 0. The number of hydrogen-bond acceptors (Lipinski definition) is 5. The standard InChI is InChI=1S/C18H14N4O/c23-18-12-10-17(11-13-18)22-21-16-8-6-15(7-9-16)20-19-14-4-2-1-3-5-14/h1-13,23H/b20-19+,22-21?. The Bertz CT molecular complexity index is 810. The zero-order valence-corrected chi connectivity index (χ0v) is 12.2. The van der Waals surface area contributed by atoms with Crippen molar-refractivity contribution in [3.63, 3.8) is 0 Å². The molecule has 3 aromatic rings. The predicted molar refractivity (Wildman–Crippen MR) is 89.3 cm³/mol. The molecule has 5 heteroatoms. The summed E-state index contributed by atoms with van der Waals surface area (Å²) in [6.07, 6.45) is 0. The van der Waals surface area contributed by atoms with E-state index in [1.54, 1.807) is 24.3 Å². The van der Waals surface area contributed by atoms with Crippen LogP contribution in [0.2, 0.25) is 0 Å². The maximum absolute atomic E-state index is 9.21. The number of benzene rings is 3. The van der Waals surface area contributed by atoms with Crippen LogP contribution >= 0.6 is 0 Å². The summed E-state index contributed by atoms with van der Waals surface area (Å²) in [5, 5.41) is 25.8. The largest absolute Gasteiger partial charge is 0.508 e. The molecule has 3 aromatic carbocycles. The lowest BCUT2D eigenvalue weighted by molar-refractivity contribution is 0.475. The molecule has 0 aliphatic rings. The van der Waals surface area contributed by atoms with Crippen molar-refractivity contribution in [2.75, 3.05) is 0 Å². The van der Waals surface area contributed by atoms with Gasteiger partial charge in [-0.05, 0) is 60.7 Å². The van der Waals surface area contributed by atoms with Gasteiger partial charge in [0.15, 0.2) is 0 Å². The van der Waals surface area contributed by atoms with Crippen molar-refractivity contribution >= 4 is 22.7 Å². The number of rotatable bonds is 4. The molecule has 0 saturated carbocycles. The highest BCUT2D eigenvalue weighted by atomic mass is 16.3. The number of nitrogens with zero attached hydrogens (tertiary/aromatic N) is 4. The molecular formula is C18H14N4O. The van der Waals surface area contributed by atoms with Gasteiger partial charge < -0.3 is 5.11 Å². The number of phenolic OH excluding ortho intramolecular Hbond substituents is 1. The number of aromatic hydroxyl groups is 1. The third-order valence-corrected chi connectivity index (χ3v) is 3.02. The zero-order chi connectivity index (χ0) is 15.9. The Kier molecular flexibility index (Phi) is 4.49. The van der Waals surface area contributed by atoms with Gasteiger partial charge in [0.1, 0.15) is 5.75 Å². The van der Waals surface area contributed by atoms with Crippen LogP contribution in [0, 0.1) is 0 Å². The van der Waals surface area contributed by atoms with E-state index in [-0.39, 0.29) is 5.75 Å². The fourth-order valence-electron chi connectivity index (χ4n) is 1.83. The molecular weight excluding hydrogens is 288 g/mol. The van der Waals surface area contributed by atoms with Crippen molar-refractivity contribution in [1.82, 2.24) is 0 Å². The summed E-state index contributed by atoms with van der Waals surface area (Å²) in [6.45, 7) is 0. The van der Waals surface area contributed by atoms with Crippen LogP contribution in [0.1, 0.15) is 0 Å². The topological polar surface area (TPSA) is 69.7 Å². The highest BCUT2D eigenvalue weighted by Gasteiger charge is 1.94. The fourth-order valence-corrected chi connectivity index (χ4v) is 1.83. The van der Waals surface area contributed by atoms with E-state index in [1.165, 1.54) is 0 Å². The van der Waals surface area contributed by atoms with Crippen LogP contribution in [0.15, 0.2) is 99.3 Å². The summed E-state index contributed by atoms with van der Waals surface area (Å²) >= 11 is 0. The molecule has 0 spiro atoms. The van der Waals surface area contributed by atoms with E-state index >= 15 is 0 Å². The van der Waals surface area contributed by atoms with Gasteiger partial charge in [0.05, 0.1) is 22.7 Å². The molecule has 0 saturated heterocycles. The molecule has 0 aliphatic heterocycles. The minimum absolute atomic E-state index is 0.206. The van der Waals surface area contributed by atoms with Gasteiger partial charge in [-0.2, -0.15) is 20.5 Å². The van der Waals surface area contributed by atoms with Crippen molar-refractivity contribution in [3.8, 4) is 5.75 Å². The number of phenols is 1. The lowest BCUT2D eigenvalue weighted by Crippen LogP contribution is -1.67. The molecule has 0 atom stereocenters. The van der Waals surface area contributed by atoms with Gasteiger partial charge in [0.25, 0.3) is 0 Å². The summed E-state index contributed by atoms with van der Waals surface area (Å²) in [4.78, 5) is 0. The maximum atomic E-state index is 9.21. The summed E-state index contributed by atoms with van der Waals surface area (Å²) in [5.74, 6) is 0.206. The first-order valence-electron chi connectivity index (χ1n) is 7.07. The molecule has 0 aromatic heterocycles. The average molecular weight is 302 g/mol. The van der Waals surface area contributed by atoms with Crippen LogP contribution in [0.5, 0.6) is 5.75 Å². The van der Waals surface area contributed by atoms with Gasteiger partial charge in [-0.15, -0.1) is 0 Å². The van der Waals surface area contributed by atoms with E-state index in [2.05, 4.69) is 20.5 Å². The number of azo groups is 2. The summed E-state index contributed by atoms with van der Waals surface area (Å²) in [5.41, 5.74) is 2.95. The van der Waals surface area contributed by atoms with Crippen molar-refractivity contribution in [2.45, 2.75) is 0 Å². The monoisotopic (exact) mass is 302 g/mol. The van der Waals surface area contributed by atoms with Crippen molar-refractivity contribution in [1.29, 1.82) is 0 Å². The SMILES string of the molecule is Oc1ccc(N=Nc2ccc(/N=N/c3ccccc3)cc2)cc1. The molecule has 0 bridgehead atoms. The predicted octanol–water partition coefficient (Wildman–Crippen LogP) is 6.22. The number of hydrogen-bond donors (Lipinski definition) is 1. The lowest BCUT2D eigenvalue weighted by atomic mass is 10.3. The minimum atomic E-state index is 0.206. The average Bonchev–Trinajstić information content (AvgIpc) is 2.61. The van der Waals surface area contributed by atoms with Gasteiger partial charge in [-0.25, -0.2) is 0 Å². The van der Waals surface area contributed by atoms with Crippen LogP contribution in [-0.4, -0.2) is 5.11 Å². The Hall–Kier alpha value is -3.34. The van der Waals surface area contributed by atoms with Crippen LogP contribution in [0.25, 0.3) is 0 Å². The van der Waals surface area contributed by atoms with Crippen molar-refractivity contribution in [3.05, 3.63) is 78.9 Å². The van der Waals surface area contributed by atoms with Crippen molar-refractivity contribution in [2.24, 2.45) is 20.5 Å². The van der Waals surface area contributed by atoms with Gasteiger partial charge in [-0.3, -0.25) is 0 Å². The Balaban J connectivity index is 1.67. The van der Waals surface area contributed by atoms with Gasteiger partial charge in [-0.1, -0.05) is 18.2 Å². The van der Waals surface area contributed by atoms with Gasteiger partial charge >= 0.3 is 0 Å². The first-order valence-corrected chi connectivity index (χ1v) is 7.07. The molecule has 5 nitrogen and oxygen atoms in total. The van der Waals surface area contributed by atoms with Crippen LogP contribution in [0.4, 0.5) is 22.7 Å². The van der Waals surface area contributed by atoms with E-state index in [0.717, 1.165) is 17.1 Å². The van der Waals surface area contributed by atoms with E-state index in [1.807, 2.05) is 54.6 Å². The normalized spacial score (nSPS) is 11.3. The lowest BCUT2D eigenvalue weighted by Gasteiger charge is -1.96. The quantitative estimate of drug-likeness (QED) is 0.571. The highest BCUT2D eigenvalue weighted by Crippen LogP contribution is 2.24. The molecule has 112 valence electrons. The molecule has 0 radical (unpaired) electrons. The van der Waals surface area contributed by atoms with Crippen molar-refractivity contribution < 1.29 is 5.11 Å². The molecule has 0 unspecified atom stereocenters. The Morgan fingerprint density at radius 3 is 1.22 bits per heavy atom. The maximum Gasteiger partial charge on any atom is 0.115 e. The van der Waals surface area contributed by atoms with Crippen LogP contribution < -0.4 is 0 Å². The summed E-state index contributed by atoms with van der Waals surface area (Å²) in [7, 11) is 0. The Morgan fingerprint density at radius 2 is 0.783 bits per heavy atom. The van der Waals surface area contributed by atoms with Crippen LogP contribution in [-0.2, 0) is 0 Å². The molecule has 0 amide bonds. The van der Waals surface area contributed by atoms with E-state index in [9.17, 15) is 5.11 Å². The smallest absolute Gasteiger partial charge is 0.115 e. The van der Waals surface area contributed by atoms with E-state index < -0.39 is 0 Å². The third-order valence-electron chi connectivity index (χ3n) is 3.02. The van der Waals surface area contributed by atoms with E-state index in [4.69, 9.17) is 0 Å². The highest BCUT2D eigenvalue weighted by molar-refractivity contribution is 5.48. The zero-order valence-electron chi connectivity index (χ0n) is 12.2. The molecule has 0 heterocycles. The van der Waals surface area contributed by atoms with E-state index in [0.29, 0.717) is 5.69 Å². The summed E-state index contributed by atoms with van der Waals surface area (Å²) in [6, 6.07) is 23.4. The second kappa shape index (κ2) is 7.09. The fraction of sp³-hybridized carbons (Fsp3) is 0. The second-order valence-electron chi connectivity index (χ2n) is 4.77. The van der Waals surface area contributed by atoms with Crippen LogP contribution in [0.3, 0.4) is 0 Å². The molecule has 0 fully saturated rings. The van der Waals surface area contributed by atoms with Gasteiger partial charge in [0, 0.05) is 0 Å². The van der Waals surface area contributed by atoms with Gasteiger partial charge in [0.2, 0.25) is 0 Å². The molecule has 23 heavy (non-hydrogen) atoms. The first-order chi connectivity index (χ1) is 11.3. The minimum Gasteiger partial charge on any atom is -0.508 e.